The molecule has 0 fully saturated rings. The zero-order chi connectivity index (χ0) is 10.6. The highest BCUT2D eigenvalue weighted by Crippen LogP contribution is 2.27. The van der Waals surface area contributed by atoms with E-state index in [-0.39, 0.29) is 11.7 Å². The van der Waals surface area contributed by atoms with Crippen molar-refractivity contribution < 1.29 is 9.90 Å². The Labute approximate surface area is 86.3 Å². The molecule has 0 bridgehead atoms. The molecule has 1 rings (SSSR count). The minimum atomic E-state index is -0.244. The number of isothiocyanates is 1. The van der Waals surface area contributed by atoms with E-state index in [4.69, 9.17) is 0 Å². The fraction of sp³-hybridized carbons (Fsp3) is 0.111. The van der Waals surface area contributed by atoms with Crippen molar-refractivity contribution >= 4 is 34.7 Å². The lowest BCUT2D eigenvalue weighted by molar-refractivity contribution is -0.114. The number of hydrogen-bond donors (Lipinski definition) is 2. The molecule has 1 aromatic carbocycles. The molecule has 0 radical (unpaired) electrons. The molecule has 2 N–H and O–H groups in total. The molecule has 0 aliphatic carbocycles. The van der Waals surface area contributed by atoms with Gasteiger partial charge in [-0.1, -0.05) is 0 Å². The fourth-order valence-corrected chi connectivity index (χ4v) is 1.04. The van der Waals surface area contributed by atoms with E-state index in [2.05, 4.69) is 27.7 Å². The number of rotatable bonds is 2. The molecule has 4 nitrogen and oxygen atoms in total. The summed E-state index contributed by atoms with van der Waals surface area (Å²) in [4.78, 5) is 14.4. The van der Waals surface area contributed by atoms with Gasteiger partial charge in [0.2, 0.25) is 5.91 Å². The molecule has 72 valence electrons. The molecule has 0 heterocycles. The van der Waals surface area contributed by atoms with Crippen LogP contribution in [0, 0.1) is 0 Å². The second-order valence-corrected chi connectivity index (χ2v) is 2.77. The number of phenols is 1. The third-order valence-electron chi connectivity index (χ3n) is 1.47. The van der Waals surface area contributed by atoms with E-state index in [0.717, 1.165) is 0 Å². The number of carbonyl (C=O) groups excluding carboxylic acids is 1. The maximum absolute atomic E-state index is 10.7. The average Bonchev–Trinajstić information content (AvgIpc) is 2.10. The van der Waals surface area contributed by atoms with Gasteiger partial charge in [-0.15, -0.1) is 0 Å². The molecule has 0 spiro atoms. The Morgan fingerprint density at radius 2 is 2.36 bits per heavy atom. The van der Waals surface area contributed by atoms with Crippen LogP contribution < -0.4 is 5.32 Å². The highest BCUT2D eigenvalue weighted by molar-refractivity contribution is 7.78. The van der Waals surface area contributed by atoms with E-state index >= 15 is 0 Å². The number of hydrogen-bond acceptors (Lipinski definition) is 4. The van der Waals surface area contributed by atoms with Gasteiger partial charge in [0.15, 0.2) is 0 Å². The number of aromatic hydroxyl groups is 1. The van der Waals surface area contributed by atoms with Crippen LogP contribution >= 0.6 is 12.2 Å². The number of nitrogens with one attached hydrogen (secondary N) is 1. The van der Waals surface area contributed by atoms with Crippen molar-refractivity contribution in [1.29, 1.82) is 0 Å². The van der Waals surface area contributed by atoms with Crippen molar-refractivity contribution in [2.45, 2.75) is 6.92 Å². The Kier molecular flexibility index (Phi) is 3.34. The van der Waals surface area contributed by atoms with E-state index in [1.165, 1.54) is 13.0 Å². The predicted molar refractivity (Wildman–Crippen MR) is 57.1 cm³/mol. The van der Waals surface area contributed by atoms with Gasteiger partial charge < -0.3 is 10.4 Å². The Morgan fingerprint density at radius 1 is 1.64 bits per heavy atom. The summed E-state index contributed by atoms with van der Waals surface area (Å²) in [7, 11) is 0. The molecule has 0 saturated heterocycles. The topological polar surface area (TPSA) is 61.7 Å². The Bertz CT molecular complexity index is 411. The third-order valence-corrected chi connectivity index (χ3v) is 1.56. The molecule has 0 saturated carbocycles. The summed E-state index contributed by atoms with van der Waals surface area (Å²) in [6.45, 7) is 1.36. The first kappa shape index (κ1) is 10.4. The first-order chi connectivity index (χ1) is 6.63. The highest BCUT2D eigenvalue weighted by atomic mass is 32.1. The van der Waals surface area contributed by atoms with Gasteiger partial charge in [-0.2, -0.15) is 4.99 Å². The zero-order valence-electron chi connectivity index (χ0n) is 7.44. The van der Waals surface area contributed by atoms with Crippen LogP contribution in [0.2, 0.25) is 0 Å². The van der Waals surface area contributed by atoms with Crippen molar-refractivity contribution in [2.24, 2.45) is 4.99 Å². The van der Waals surface area contributed by atoms with Crippen molar-refractivity contribution in [2.75, 3.05) is 5.32 Å². The smallest absolute Gasteiger partial charge is 0.221 e. The van der Waals surface area contributed by atoms with Gasteiger partial charge in [-0.25, -0.2) is 0 Å². The third kappa shape index (κ3) is 2.65. The van der Waals surface area contributed by atoms with E-state index in [1.807, 2.05) is 0 Å². The molecular formula is C9H8N2O2S. The quantitative estimate of drug-likeness (QED) is 0.444. The Morgan fingerprint density at radius 3 is 2.86 bits per heavy atom. The second-order valence-electron chi connectivity index (χ2n) is 2.59. The number of carbonyl (C=O) groups is 1. The summed E-state index contributed by atoms with van der Waals surface area (Å²) in [5, 5.41) is 14.1. The van der Waals surface area contributed by atoms with Crippen molar-refractivity contribution in [3.63, 3.8) is 0 Å². The van der Waals surface area contributed by atoms with Crippen LogP contribution in [-0.2, 0) is 4.79 Å². The van der Waals surface area contributed by atoms with Crippen molar-refractivity contribution in [3.05, 3.63) is 18.2 Å². The lowest BCUT2D eigenvalue weighted by Crippen LogP contribution is -2.05. The minimum absolute atomic E-state index is 0.0494. The Hall–Kier alpha value is -1.71. The standard InChI is InChI=1S/C9H8N2O2S/c1-6(12)11-8-3-2-7(10-5-14)4-9(8)13/h2-4,13H,1H3,(H,11,12). The molecule has 0 aliphatic rings. The van der Waals surface area contributed by atoms with Crippen LogP contribution in [0.1, 0.15) is 6.92 Å². The second kappa shape index (κ2) is 4.50. The van der Waals surface area contributed by atoms with Gasteiger partial charge in [-0.3, -0.25) is 4.79 Å². The van der Waals surface area contributed by atoms with Gasteiger partial charge >= 0.3 is 0 Å². The lowest BCUT2D eigenvalue weighted by atomic mass is 10.2. The number of aliphatic imine (C=N–C) groups is 1. The molecule has 14 heavy (non-hydrogen) atoms. The van der Waals surface area contributed by atoms with Crippen LogP contribution in [0.25, 0.3) is 0 Å². The highest BCUT2D eigenvalue weighted by Gasteiger charge is 2.02. The fourth-order valence-electron chi connectivity index (χ4n) is 0.938. The number of phenolic OH excluding ortho intramolecular Hbond substituents is 1. The normalized spacial score (nSPS) is 8.93. The minimum Gasteiger partial charge on any atom is -0.506 e. The SMILES string of the molecule is CC(=O)Nc1ccc(N=C=S)cc1O. The molecule has 0 unspecified atom stereocenters. The van der Waals surface area contributed by atoms with E-state index < -0.39 is 0 Å². The summed E-state index contributed by atoms with van der Waals surface area (Å²) in [5.74, 6) is -0.293. The van der Waals surface area contributed by atoms with Gasteiger partial charge in [0.1, 0.15) is 5.75 Å². The summed E-state index contributed by atoms with van der Waals surface area (Å²) in [6, 6.07) is 4.55. The van der Waals surface area contributed by atoms with Crippen LogP contribution in [0.5, 0.6) is 5.75 Å². The number of nitrogens with zero attached hydrogens (tertiary/aromatic N) is 1. The summed E-state index contributed by atoms with van der Waals surface area (Å²) in [6.07, 6.45) is 0. The zero-order valence-corrected chi connectivity index (χ0v) is 8.26. The number of thiocarbonyl (C=S) groups is 1. The monoisotopic (exact) mass is 208 g/mol. The van der Waals surface area contributed by atoms with Crippen molar-refractivity contribution in [1.82, 2.24) is 0 Å². The lowest BCUT2D eigenvalue weighted by Gasteiger charge is -2.04. The Balaban J connectivity index is 3.00. The molecule has 1 aromatic rings. The van der Waals surface area contributed by atoms with E-state index in [1.54, 1.807) is 12.1 Å². The van der Waals surface area contributed by atoms with Crippen LogP contribution in [0.15, 0.2) is 23.2 Å². The van der Waals surface area contributed by atoms with Crippen LogP contribution in [0.4, 0.5) is 11.4 Å². The van der Waals surface area contributed by atoms with Crippen molar-refractivity contribution in [3.8, 4) is 5.75 Å². The summed E-state index contributed by atoms with van der Waals surface area (Å²) < 4.78 is 0. The van der Waals surface area contributed by atoms with Gasteiger partial charge in [-0.05, 0) is 24.4 Å². The average molecular weight is 208 g/mol. The molecule has 0 aliphatic heterocycles. The van der Waals surface area contributed by atoms with Gasteiger partial charge in [0, 0.05) is 13.0 Å². The summed E-state index contributed by atoms with van der Waals surface area (Å²) >= 11 is 4.41. The molecular weight excluding hydrogens is 200 g/mol. The number of benzene rings is 1. The van der Waals surface area contributed by atoms with Gasteiger partial charge in [0.25, 0.3) is 0 Å². The maximum atomic E-state index is 10.7. The molecule has 0 aromatic heterocycles. The first-order valence-electron chi connectivity index (χ1n) is 3.82. The molecule has 1 amide bonds. The van der Waals surface area contributed by atoms with Gasteiger partial charge in [0.05, 0.1) is 16.5 Å². The molecule has 0 atom stereocenters. The molecule has 5 heteroatoms. The van der Waals surface area contributed by atoms with Crippen LogP contribution in [0.3, 0.4) is 0 Å². The predicted octanol–water partition coefficient (Wildman–Crippen LogP) is 2.08. The summed E-state index contributed by atoms with van der Waals surface area (Å²) in [5.41, 5.74) is 0.840. The van der Waals surface area contributed by atoms with Crippen LogP contribution in [-0.4, -0.2) is 16.2 Å². The van der Waals surface area contributed by atoms with E-state index in [0.29, 0.717) is 11.4 Å². The first-order valence-corrected chi connectivity index (χ1v) is 4.23. The maximum Gasteiger partial charge on any atom is 0.221 e. The largest absolute Gasteiger partial charge is 0.506 e. The number of anilines is 1. The van der Waals surface area contributed by atoms with E-state index in [9.17, 15) is 9.90 Å². The number of amides is 1.